The van der Waals surface area contributed by atoms with E-state index in [2.05, 4.69) is 0 Å². The van der Waals surface area contributed by atoms with E-state index in [0.29, 0.717) is 17.9 Å². The molecule has 110 valence electrons. The van der Waals surface area contributed by atoms with Crippen LogP contribution in [-0.4, -0.2) is 11.0 Å². The molecule has 0 saturated heterocycles. The monoisotopic (exact) mass is 285 g/mol. The molecule has 0 aliphatic rings. The van der Waals surface area contributed by atoms with Crippen molar-refractivity contribution < 1.29 is 14.6 Å². The van der Waals surface area contributed by atoms with Crippen molar-refractivity contribution in [3.63, 3.8) is 0 Å². The molecule has 2 aromatic rings. The Kier molecular flexibility index (Phi) is 4.60. The second-order valence-corrected chi connectivity index (χ2v) is 5.04. The van der Waals surface area contributed by atoms with Gasteiger partial charge in [-0.1, -0.05) is 30.3 Å². The third kappa shape index (κ3) is 3.61. The number of hydrogen-bond donors (Lipinski definition) is 2. The highest BCUT2D eigenvalue weighted by molar-refractivity contribution is 5.80. The van der Waals surface area contributed by atoms with Crippen molar-refractivity contribution >= 4 is 5.91 Å². The maximum Gasteiger partial charge on any atom is 0.250 e. The van der Waals surface area contributed by atoms with Crippen molar-refractivity contribution in [2.45, 2.75) is 26.6 Å². The molecule has 1 atom stereocenters. The van der Waals surface area contributed by atoms with Gasteiger partial charge in [-0.25, -0.2) is 0 Å². The standard InChI is InChI=1S/C17H19NO3/c1-11-5-3-6-12(2)15(11)10-21-14-8-4-7-13(9-14)16(19)17(18)20/h3-9,16,19H,10H2,1-2H3,(H2,18,20). The summed E-state index contributed by atoms with van der Waals surface area (Å²) in [6, 6.07) is 12.9. The van der Waals surface area contributed by atoms with E-state index in [4.69, 9.17) is 10.5 Å². The second kappa shape index (κ2) is 6.41. The number of primary amides is 1. The summed E-state index contributed by atoms with van der Waals surface area (Å²) in [5.41, 5.74) is 9.00. The van der Waals surface area contributed by atoms with Gasteiger partial charge < -0.3 is 15.6 Å². The molecule has 4 nitrogen and oxygen atoms in total. The van der Waals surface area contributed by atoms with Gasteiger partial charge in [0, 0.05) is 0 Å². The van der Waals surface area contributed by atoms with E-state index in [0.717, 1.165) is 5.56 Å². The molecule has 0 aliphatic heterocycles. The Morgan fingerprint density at radius 2 is 1.81 bits per heavy atom. The van der Waals surface area contributed by atoms with Gasteiger partial charge in [-0.3, -0.25) is 4.79 Å². The minimum atomic E-state index is -1.31. The number of hydrogen-bond acceptors (Lipinski definition) is 3. The molecule has 0 radical (unpaired) electrons. The third-order valence-corrected chi connectivity index (χ3v) is 3.47. The molecular formula is C17H19NO3. The first-order chi connectivity index (χ1) is 9.99. The van der Waals surface area contributed by atoms with E-state index in [1.807, 2.05) is 32.0 Å². The number of aliphatic hydroxyl groups excluding tert-OH is 1. The Labute approximate surface area is 124 Å². The van der Waals surface area contributed by atoms with Gasteiger partial charge in [-0.2, -0.15) is 0 Å². The molecule has 0 aromatic heterocycles. The average Bonchev–Trinajstić information content (AvgIpc) is 2.46. The summed E-state index contributed by atoms with van der Waals surface area (Å²) in [5, 5.41) is 9.67. The van der Waals surface area contributed by atoms with Crippen molar-refractivity contribution in [2.75, 3.05) is 0 Å². The van der Waals surface area contributed by atoms with Crippen molar-refractivity contribution in [1.29, 1.82) is 0 Å². The van der Waals surface area contributed by atoms with Crippen molar-refractivity contribution in [3.8, 4) is 5.75 Å². The number of ether oxygens (including phenoxy) is 1. The van der Waals surface area contributed by atoms with E-state index in [9.17, 15) is 9.90 Å². The van der Waals surface area contributed by atoms with E-state index in [1.54, 1.807) is 24.3 Å². The quantitative estimate of drug-likeness (QED) is 0.886. The zero-order valence-electron chi connectivity index (χ0n) is 12.2. The van der Waals surface area contributed by atoms with Crippen LogP contribution in [0.1, 0.15) is 28.4 Å². The highest BCUT2D eigenvalue weighted by Crippen LogP contribution is 2.21. The van der Waals surface area contributed by atoms with Crippen LogP contribution >= 0.6 is 0 Å². The molecule has 0 fully saturated rings. The predicted octanol–water partition coefficient (Wildman–Crippen LogP) is 2.40. The summed E-state index contributed by atoms with van der Waals surface area (Å²) >= 11 is 0. The van der Waals surface area contributed by atoms with Gasteiger partial charge >= 0.3 is 0 Å². The van der Waals surface area contributed by atoms with Crippen molar-refractivity contribution in [3.05, 3.63) is 64.7 Å². The number of nitrogens with two attached hydrogens (primary N) is 1. The van der Waals surface area contributed by atoms with Crippen molar-refractivity contribution in [2.24, 2.45) is 5.73 Å². The molecule has 3 N–H and O–H groups in total. The van der Waals surface area contributed by atoms with Crippen LogP contribution in [0.5, 0.6) is 5.75 Å². The third-order valence-electron chi connectivity index (χ3n) is 3.47. The molecule has 0 heterocycles. The fourth-order valence-corrected chi connectivity index (χ4v) is 2.17. The second-order valence-electron chi connectivity index (χ2n) is 5.04. The Hall–Kier alpha value is -2.33. The lowest BCUT2D eigenvalue weighted by Gasteiger charge is -2.13. The van der Waals surface area contributed by atoms with Gasteiger partial charge in [-0.05, 0) is 48.2 Å². The zero-order valence-corrected chi connectivity index (χ0v) is 12.2. The van der Waals surface area contributed by atoms with Crippen LogP contribution in [0.2, 0.25) is 0 Å². The molecule has 1 unspecified atom stereocenters. The molecule has 2 rings (SSSR count). The first kappa shape index (κ1) is 15.1. The molecule has 0 saturated carbocycles. The molecule has 0 aliphatic carbocycles. The number of benzene rings is 2. The number of carbonyl (C=O) groups excluding carboxylic acids is 1. The number of aliphatic hydroxyl groups is 1. The Bertz CT molecular complexity index is 632. The molecule has 1 amide bonds. The van der Waals surface area contributed by atoms with Gasteiger partial charge in [0.15, 0.2) is 6.10 Å². The van der Waals surface area contributed by atoms with Gasteiger partial charge in [0.1, 0.15) is 12.4 Å². The van der Waals surface area contributed by atoms with Gasteiger partial charge in [-0.15, -0.1) is 0 Å². The zero-order chi connectivity index (χ0) is 15.4. The van der Waals surface area contributed by atoms with Crippen LogP contribution < -0.4 is 10.5 Å². The lowest BCUT2D eigenvalue weighted by Crippen LogP contribution is -2.20. The van der Waals surface area contributed by atoms with E-state index >= 15 is 0 Å². The SMILES string of the molecule is Cc1cccc(C)c1COc1cccc(C(O)C(N)=O)c1. The fourth-order valence-electron chi connectivity index (χ4n) is 2.17. The van der Waals surface area contributed by atoms with Crippen molar-refractivity contribution in [1.82, 2.24) is 0 Å². The number of amides is 1. The topological polar surface area (TPSA) is 72.6 Å². The van der Waals surface area contributed by atoms with Gasteiger partial charge in [0.2, 0.25) is 0 Å². The normalized spacial score (nSPS) is 12.0. The first-order valence-electron chi connectivity index (χ1n) is 6.74. The fraction of sp³-hybridized carbons (Fsp3) is 0.235. The number of carbonyl (C=O) groups is 1. The van der Waals surface area contributed by atoms with Gasteiger partial charge in [0.05, 0.1) is 0 Å². The summed E-state index contributed by atoms with van der Waals surface area (Å²) in [4.78, 5) is 11.0. The van der Waals surface area contributed by atoms with Gasteiger partial charge in [0.25, 0.3) is 5.91 Å². The minimum absolute atomic E-state index is 0.432. The van der Waals surface area contributed by atoms with Crippen LogP contribution in [0.15, 0.2) is 42.5 Å². The molecule has 21 heavy (non-hydrogen) atoms. The predicted molar refractivity (Wildman–Crippen MR) is 80.8 cm³/mol. The molecule has 0 bridgehead atoms. The van der Waals surface area contributed by atoms with E-state index in [-0.39, 0.29) is 0 Å². The van der Waals surface area contributed by atoms with E-state index in [1.165, 1.54) is 11.1 Å². The number of aryl methyl sites for hydroxylation is 2. The Morgan fingerprint density at radius 3 is 2.43 bits per heavy atom. The molecule has 2 aromatic carbocycles. The van der Waals surface area contributed by atoms with Crippen LogP contribution in [-0.2, 0) is 11.4 Å². The Balaban J connectivity index is 2.14. The lowest BCUT2D eigenvalue weighted by atomic mass is 10.0. The van der Waals surface area contributed by atoms with Crippen LogP contribution in [0.25, 0.3) is 0 Å². The van der Waals surface area contributed by atoms with E-state index < -0.39 is 12.0 Å². The summed E-state index contributed by atoms with van der Waals surface area (Å²) in [6.07, 6.45) is -1.31. The average molecular weight is 285 g/mol. The smallest absolute Gasteiger partial charge is 0.250 e. The molecule has 4 heteroatoms. The maximum absolute atomic E-state index is 11.0. The minimum Gasteiger partial charge on any atom is -0.489 e. The summed E-state index contributed by atoms with van der Waals surface area (Å²) in [6.45, 7) is 4.52. The maximum atomic E-state index is 11.0. The van der Waals surface area contributed by atoms with Crippen LogP contribution in [0.4, 0.5) is 0 Å². The lowest BCUT2D eigenvalue weighted by molar-refractivity contribution is -0.126. The van der Waals surface area contributed by atoms with Crippen LogP contribution in [0.3, 0.4) is 0 Å². The largest absolute Gasteiger partial charge is 0.489 e. The Morgan fingerprint density at radius 1 is 1.19 bits per heavy atom. The van der Waals surface area contributed by atoms with Crippen LogP contribution in [0, 0.1) is 13.8 Å². The summed E-state index contributed by atoms with van der Waals surface area (Å²) in [5.74, 6) is -0.183. The highest BCUT2D eigenvalue weighted by atomic mass is 16.5. The molecular weight excluding hydrogens is 266 g/mol. The summed E-state index contributed by atoms with van der Waals surface area (Å²) < 4.78 is 5.76. The highest BCUT2D eigenvalue weighted by Gasteiger charge is 2.14. The number of rotatable bonds is 5. The summed E-state index contributed by atoms with van der Waals surface area (Å²) in [7, 11) is 0. The molecule has 0 spiro atoms. The first-order valence-corrected chi connectivity index (χ1v) is 6.74.